The molecule has 0 atom stereocenters. The largest absolute Gasteiger partial charge is 0.497 e. The van der Waals surface area contributed by atoms with Gasteiger partial charge in [0.1, 0.15) is 16.5 Å². The second-order valence-corrected chi connectivity index (χ2v) is 15.0. The van der Waals surface area contributed by atoms with Crippen molar-refractivity contribution in [3.63, 3.8) is 0 Å². The summed E-state index contributed by atoms with van der Waals surface area (Å²) < 4.78 is 35.0. The van der Waals surface area contributed by atoms with Crippen LogP contribution in [-0.4, -0.2) is 43.4 Å². The summed E-state index contributed by atoms with van der Waals surface area (Å²) in [7, 11) is -2.20. The molecule has 46 heavy (non-hydrogen) atoms. The molecule has 5 rings (SSSR count). The number of nitriles is 1. The molecule has 2 heterocycles. The van der Waals surface area contributed by atoms with Crippen LogP contribution in [0.1, 0.15) is 51.2 Å². The zero-order chi connectivity index (χ0) is 33.1. The van der Waals surface area contributed by atoms with Gasteiger partial charge in [-0.15, -0.1) is 11.3 Å². The van der Waals surface area contributed by atoms with E-state index in [0.717, 1.165) is 41.7 Å². The number of ether oxygens (including phenoxy) is 1. The molecule has 0 spiro atoms. The van der Waals surface area contributed by atoms with Gasteiger partial charge in [-0.25, -0.2) is 8.42 Å². The van der Waals surface area contributed by atoms with Gasteiger partial charge in [-0.05, 0) is 77.9 Å². The smallest absolute Gasteiger partial charge is 0.273 e. The molecule has 1 N–H and O–H groups in total. The van der Waals surface area contributed by atoms with E-state index >= 15 is 0 Å². The van der Waals surface area contributed by atoms with Gasteiger partial charge in [0.25, 0.3) is 11.5 Å². The maximum Gasteiger partial charge on any atom is 0.273 e. The number of piperidine rings is 1. The third kappa shape index (κ3) is 6.99. The number of sulfonamides is 1. The summed E-state index contributed by atoms with van der Waals surface area (Å²) in [5.41, 5.74) is 1.92. The van der Waals surface area contributed by atoms with Gasteiger partial charge in [0, 0.05) is 18.8 Å². The first-order chi connectivity index (χ1) is 21.9. The van der Waals surface area contributed by atoms with Gasteiger partial charge in [-0.1, -0.05) is 57.5 Å². The maximum atomic E-state index is 13.9. The number of aromatic nitrogens is 1. The number of methoxy groups -OCH3 is 1. The van der Waals surface area contributed by atoms with Crippen molar-refractivity contribution < 1.29 is 17.9 Å². The lowest BCUT2D eigenvalue weighted by Crippen LogP contribution is -2.35. The van der Waals surface area contributed by atoms with Gasteiger partial charge in [-0.3, -0.25) is 14.2 Å². The van der Waals surface area contributed by atoms with Gasteiger partial charge in [0.05, 0.1) is 22.2 Å². The van der Waals surface area contributed by atoms with E-state index < -0.39 is 15.9 Å². The Balaban J connectivity index is 1.59. The average molecular weight is 657 g/mol. The average Bonchev–Trinajstić information content (AvgIpc) is 3.36. The predicted octanol–water partition coefficient (Wildman–Crippen LogP) is 4.52. The summed E-state index contributed by atoms with van der Waals surface area (Å²) in [5.74, 6) is -0.180. The van der Waals surface area contributed by atoms with Crippen LogP contribution in [0.4, 0.5) is 5.69 Å². The number of thiazole rings is 1. The standard InChI is InChI=1S/C35H36N4O5S2/c1-35(2,3)25-13-11-24(12-14-25)21-31-33(41)39(27-15-17-28(44-4)18-16-27)34(45-31)30(23-36)32(40)37-26-9-8-10-29(22-26)46(42,43)38-19-6-5-7-20-38/h8-18,21-22H,5-7,19-20H2,1-4H3,(H,37,40)/b31-21-,34-30-. The molecule has 0 aliphatic carbocycles. The molecule has 11 heteroatoms. The second kappa shape index (κ2) is 13.5. The fraction of sp³-hybridized carbons (Fsp3) is 0.286. The van der Waals surface area contributed by atoms with Crippen molar-refractivity contribution in [3.05, 3.63) is 103 Å². The van der Waals surface area contributed by atoms with Crippen molar-refractivity contribution in [3.8, 4) is 17.5 Å². The van der Waals surface area contributed by atoms with Crippen LogP contribution in [0, 0.1) is 11.3 Å². The third-order valence-electron chi connectivity index (χ3n) is 7.83. The monoisotopic (exact) mass is 656 g/mol. The lowest BCUT2D eigenvalue weighted by Gasteiger charge is -2.26. The fourth-order valence-electron chi connectivity index (χ4n) is 5.22. The van der Waals surface area contributed by atoms with E-state index in [-0.39, 0.29) is 31.8 Å². The van der Waals surface area contributed by atoms with E-state index in [1.807, 2.05) is 30.3 Å². The molecular weight excluding hydrogens is 621 g/mol. The van der Waals surface area contributed by atoms with Crippen molar-refractivity contribution in [2.75, 3.05) is 25.5 Å². The second-order valence-electron chi connectivity index (χ2n) is 12.1. The highest BCUT2D eigenvalue weighted by molar-refractivity contribution is 7.89. The summed E-state index contributed by atoms with van der Waals surface area (Å²) >= 11 is 1.03. The summed E-state index contributed by atoms with van der Waals surface area (Å²) in [5, 5.41) is 12.9. The van der Waals surface area contributed by atoms with Crippen LogP contribution in [-0.2, 0) is 20.2 Å². The number of carbonyl (C=O) groups is 1. The highest BCUT2D eigenvalue weighted by Crippen LogP contribution is 2.24. The Bertz CT molecular complexity index is 2080. The number of nitrogens with one attached hydrogen (secondary N) is 1. The Kier molecular flexibility index (Phi) is 9.63. The molecule has 0 radical (unpaired) electrons. The van der Waals surface area contributed by atoms with Crippen molar-refractivity contribution in [1.82, 2.24) is 8.87 Å². The molecule has 1 aromatic heterocycles. The minimum atomic E-state index is -3.74. The Morgan fingerprint density at radius 3 is 2.28 bits per heavy atom. The molecule has 1 saturated heterocycles. The molecule has 0 unspecified atom stereocenters. The van der Waals surface area contributed by atoms with Crippen LogP contribution in [0.2, 0.25) is 0 Å². The molecule has 9 nitrogen and oxygen atoms in total. The van der Waals surface area contributed by atoms with Crippen molar-refractivity contribution in [1.29, 1.82) is 5.26 Å². The predicted molar refractivity (Wildman–Crippen MR) is 181 cm³/mol. The SMILES string of the molecule is COc1ccc(-n2c(=O)/c(=C/c3ccc(C(C)(C)C)cc3)s/c2=C(/C#N)C(=O)Nc2cccc(S(=O)(=O)N3CCCCC3)c2)cc1. The van der Waals surface area contributed by atoms with Gasteiger partial charge in [0.2, 0.25) is 10.0 Å². The number of carbonyl (C=O) groups excluding carboxylic acids is 1. The lowest BCUT2D eigenvalue weighted by atomic mass is 9.87. The Labute approximate surface area is 272 Å². The van der Waals surface area contributed by atoms with E-state index in [1.54, 1.807) is 42.5 Å². The van der Waals surface area contributed by atoms with Crippen molar-refractivity contribution >= 4 is 44.6 Å². The van der Waals surface area contributed by atoms with Crippen LogP contribution in [0.3, 0.4) is 0 Å². The normalized spacial score (nSPS) is 15.2. The Hall–Kier alpha value is -4.50. The van der Waals surface area contributed by atoms with Crippen LogP contribution in [0.5, 0.6) is 5.75 Å². The quantitative estimate of drug-likeness (QED) is 0.312. The molecule has 1 amide bonds. The molecule has 0 bridgehead atoms. The highest BCUT2D eigenvalue weighted by atomic mass is 32.2. The van der Waals surface area contributed by atoms with Gasteiger partial charge >= 0.3 is 0 Å². The van der Waals surface area contributed by atoms with Crippen molar-refractivity contribution in [2.45, 2.75) is 50.3 Å². The highest BCUT2D eigenvalue weighted by Gasteiger charge is 2.26. The zero-order valence-electron chi connectivity index (χ0n) is 26.2. The summed E-state index contributed by atoms with van der Waals surface area (Å²) in [6.07, 6.45) is 4.33. The Morgan fingerprint density at radius 2 is 1.67 bits per heavy atom. The molecule has 3 aromatic carbocycles. The molecule has 238 valence electrons. The van der Waals surface area contributed by atoms with Crippen LogP contribution in [0.15, 0.2) is 82.5 Å². The third-order valence-corrected chi connectivity index (χ3v) is 10.8. The number of hydrogen-bond acceptors (Lipinski definition) is 7. The number of amides is 1. The first kappa shape index (κ1) is 32.9. The topological polar surface area (TPSA) is 121 Å². The molecule has 0 saturated carbocycles. The van der Waals surface area contributed by atoms with Crippen LogP contribution < -0.4 is 24.8 Å². The number of benzene rings is 3. The summed E-state index contributed by atoms with van der Waals surface area (Å²) in [6.45, 7) is 7.27. The number of rotatable bonds is 7. The first-order valence-corrected chi connectivity index (χ1v) is 17.2. The van der Waals surface area contributed by atoms with Gasteiger partial charge in [-0.2, -0.15) is 9.57 Å². The molecule has 1 aliphatic rings. The minimum absolute atomic E-state index is 0.0308. The van der Waals surface area contributed by atoms with Crippen molar-refractivity contribution in [2.24, 2.45) is 0 Å². The molecule has 1 fully saturated rings. The number of anilines is 1. The maximum absolute atomic E-state index is 13.9. The van der Waals surface area contributed by atoms with E-state index in [4.69, 9.17) is 4.74 Å². The van der Waals surface area contributed by atoms with Crippen LogP contribution in [0.25, 0.3) is 17.3 Å². The number of nitrogens with zero attached hydrogens (tertiary/aromatic N) is 3. The lowest BCUT2D eigenvalue weighted by molar-refractivity contribution is -0.111. The summed E-state index contributed by atoms with van der Waals surface area (Å²) in [4.78, 5) is 27.6. The first-order valence-electron chi connectivity index (χ1n) is 15.0. The van der Waals surface area contributed by atoms with E-state index in [9.17, 15) is 23.3 Å². The van der Waals surface area contributed by atoms with Gasteiger partial charge < -0.3 is 10.1 Å². The Morgan fingerprint density at radius 1 is 1.00 bits per heavy atom. The van der Waals surface area contributed by atoms with E-state index in [0.29, 0.717) is 29.1 Å². The molecular formula is C35H36N4O5S2. The number of hydrogen-bond donors (Lipinski definition) is 1. The van der Waals surface area contributed by atoms with Gasteiger partial charge in [0.15, 0.2) is 5.57 Å². The minimum Gasteiger partial charge on any atom is -0.497 e. The molecule has 1 aliphatic heterocycles. The van der Waals surface area contributed by atoms with Crippen LogP contribution >= 0.6 is 11.3 Å². The fourth-order valence-corrected chi connectivity index (χ4v) is 7.89. The molecule has 4 aromatic rings. The summed E-state index contributed by atoms with van der Waals surface area (Å²) in [6, 6.07) is 22.6. The van der Waals surface area contributed by atoms with E-state index in [1.165, 1.54) is 28.1 Å². The zero-order valence-corrected chi connectivity index (χ0v) is 27.9. The van der Waals surface area contributed by atoms with E-state index in [2.05, 4.69) is 26.1 Å².